The molecule has 0 N–H and O–H groups in total. The molecule has 0 rings (SSSR count). The highest BCUT2D eigenvalue weighted by Gasteiger charge is 1.84. The second kappa shape index (κ2) is 10.7. The molecule has 1 unspecified atom stereocenters. The van der Waals surface area contributed by atoms with Crippen LogP contribution in [0, 0.1) is 5.92 Å². The van der Waals surface area contributed by atoms with Gasteiger partial charge in [-0.1, -0.05) is 46.6 Å². The minimum atomic E-state index is 0.699. The maximum atomic E-state index is 3.63. The van der Waals surface area contributed by atoms with Gasteiger partial charge in [0, 0.05) is 0 Å². The van der Waals surface area contributed by atoms with Gasteiger partial charge in [-0.15, -0.1) is 6.58 Å². The third-order valence-electron chi connectivity index (χ3n) is 1.05. The van der Waals surface area contributed by atoms with Gasteiger partial charge in [-0.05, 0) is 5.92 Å². The van der Waals surface area contributed by atoms with Gasteiger partial charge >= 0.3 is 0 Å². The number of allylic oxidation sites excluding steroid dienone is 1. The van der Waals surface area contributed by atoms with Gasteiger partial charge in [0.05, 0.1) is 0 Å². The predicted octanol–water partition coefficient (Wildman–Crippen LogP) is 3.63. The first-order chi connectivity index (χ1) is 4.22. The number of hydrogen-bond acceptors (Lipinski definition) is 0. The average Bonchev–Trinajstić information content (AvgIpc) is 1.88. The van der Waals surface area contributed by atoms with E-state index in [9.17, 15) is 0 Å². The van der Waals surface area contributed by atoms with E-state index in [4.69, 9.17) is 0 Å². The first kappa shape index (κ1) is 11.5. The molecular formula is C9H20. The van der Waals surface area contributed by atoms with Crippen molar-refractivity contribution in [2.45, 2.75) is 40.5 Å². The lowest BCUT2D eigenvalue weighted by atomic mass is 10.1. The molecule has 0 aromatic heterocycles. The fourth-order valence-electron chi connectivity index (χ4n) is 0.167. The molecule has 0 amide bonds. The van der Waals surface area contributed by atoms with E-state index in [0.717, 1.165) is 0 Å². The lowest BCUT2D eigenvalue weighted by molar-refractivity contribution is 0.700. The van der Waals surface area contributed by atoms with Crippen LogP contribution in [0.25, 0.3) is 0 Å². The Morgan fingerprint density at radius 1 is 1.33 bits per heavy atom. The SMILES string of the molecule is C=CC(C)CC.CCC. The van der Waals surface area contributed by atoms with Gasteiger partial charge in [0.1, 0.15) is 0 Å². The molecule has 1 atom stereocenters. The van der Waals surface area contributed by atoms with Gasteiger partial charge in [0.25, 0.3) is 0 Å². The molecule has 56 valence electrons. The molecule has 0 saturated heterocycles. The Morgan fingerprint density at radius 3 is 1.67 bits per heavy atom. The topological polar surface area (TPSA) is 0 Å². The van der Waals surface area contributed by atoms with E-state index < -0.39 is 0 Å². The quantitative estimate of drug-likeness (QED) is 0.498. The normalized spacial score (nSPS) is 11.1. The Labute approximate surface area is 60.0 Å². The molecule has 0 fully saturated rings. The molecule has 0 aliphatic rings. The third-order valence-corrected chi connectivity index (χ3v) is 1.05. The van der Waals surface area contributed by atoms with Crippen molar-refractivity contribution in [3.8, 4) is 0 Å². The minimum absolute atomic E-state index is 0.699. The van der Waals surface area contributed by atoms with Crippen LogP contribution in [0.4, 0.5) is 0 Å². The zero-order valence-corrected chi connectivity index (χ0v) is 7.28. The second-order valence-corrected chi connectivity index (χ2v) is 2.33. The summed E-state index contributed by atoms with van der Waals surface area (Å²) in [5.74, 6) is 0.699. The Morgan fingerprint density at radius 2 is 1.67 bits per heavy atom. The van der Waals surface area contributed by atoms with Gasteiger partial charge in [0.15, 0.2) is 0 Å². The van der Waals surface area contributed by atoms with E-state index in [1.807, 2.05) is 6.08 Å². The van der Waals surface area contributed by atoms with Crippen molar-refractivity contribution in [2.24, 2.45) is 5.92 Å². The summed E-state index contributed by atoms with van der Waals surface area (Å²) in [6.45, 7) is 12.2. The lowest BCUT2D eigenvalue weighted by Gasteiger charge is -1.93. The molecule has 9 heavy (non-hydrogen) atoms. The first-order valence-electron chi connectivity index (χ1n) is 3.85. The molecule has 0 aliphatic heterocycles. The third kappa shape index (κ3) is 18.2. The largest absolute Gasteiger partial charge is 0.103 e. The smallest absolute Gasteiger partial charge is 0.0267 e. The van der Waals surface area contributed by atoms with E-state index in [2.05, 4.69) is 34.3 Å². The number of rotatable bonds is 2. The maximum absolute atomic E-state index is 3.63. The molecule has 0 heteroatoms. The first-order valence-corrected chi connectivity index (χ1v) is 3.85. The predicted molar refractivity (Wildman–Crippen MR) is 45.6 cm³/mol. The van der Waals surface area contributed by atoms with E-state index in [1.54, 1.807) is 0 Å². The van der Waals surface area contributed by atoms with Crippen LogP contribution in [-0.4, -0.2) is 0 Å². The summed E-state index contributed by atoms with van der Waals surface area (Å²) < 4.78 is 0. The average molecular weight is 128 g/mol. The summed E-state index contributed by atoms with van der Waals surface area (Å²) in [4.78, 5) is 0. The van der Waals surface area contributed by atoms with Crippen molar-refractivity contribution in [1.29, 1.82) is 0 Å². The highest BCUT2D eigenvalue weighted by atomic mass is 13.9. The molecule has 0 aromatic carbocycles. The Bertz CT molecular complexity index is 46.0. The molecule has 0 radical (unpaired) electrons. The lowest BCUT2D eigenvalue weighted by Crippen LogP contribution is -1.80. The van der Waals surface area contributed by atoms with Gasteiger partial charge < -0.3 is 0 Å². The van der Waals surface area contributed by atoms with E-state index in [-0.39, 0.29) is 0 Å². The minimum Gasteiger partial charge on any atom is -0.103 e. The molecule has 0 spiro atoms. The van der Waals surface area contributed by atoms with Crippen LogP contribution in [0.5, 0.6) is 0 Å². The van der Waals surface area contributed by atoms with Crippen molar-refractivity contribution < 1.29 is 0 Å². The maximum Gasteiger partial charge on any atom is -0.0267 e. The van der Waals surface area contributed by atoms with Gasteiger partial charge in [-0.3, -0.25) is 0 Å². The van der Waals surface area contributed by atoms with Crippen molar-refractivity contribution in [3.63, 3.8) is 0 Å². The van der Waals surface area contributed by atoms with Crippen molar-refractivity contribution >= 4 is 0 Å². The zero-order chi connectivity index (χ0) is 7.70. The van der Waals surface area contributed by atoms with Gasteiger partial charge in [-0.2, -0.15) is 0 Å². The Balaban J connectivity index is 0. The Hall–Kier alpha value is -0.260. The molecule has 0 nitrogen and oxygen atoms in total. The van der Waals surface area contributed by atoms with Crippen LogP contribution in [0.2, 0.25) is 0 Å². The second-order valence-electron chi connectivity index (χ2n) is 2.33. The Kier molecular flexibility index (Phi) is 13.7. The summed E-state index contributed by atoms with van der Waals surface area (Å²) in [6, 6.07) is 0. The van der Waals surface area contributed by atoms with Crippen LogP contribution in [0.1, 0.15) is 40.5 Å². The molecular weight excluding hydrogens is 108 g/mol. The highest BCUT2D eigenvalue weighted by Crippen LogP contribution is 1.98. The van der Waals surface area contributed by atoms with Crippen LogP contribution in [0.15, 0.2) is 12.7 Å². The van der Waals surface area contributed by atoms with Crippen LogP contribution in [0.3, 0.4) is 0 Å². The van der Waals surface area contributed by atoms with Crippen molar-refractivity contribution in [1.82, 2.24) is 0 Å². The summed E-state index contributed by atoms with van der Waals surface area (Å²) in [6.07, 6.45) is 4.43. The standard InChI is InChI=1S/C6H12.C3H8/c1-4-6(3)5-2;1-3-2/h4,6H,1,5H2,2-3H3;3H2,1-2H3. The summed E-state index contributed by atoms with van der Waals surface area (Å²) in [5, 5.41) is 0. The summed E-state index contributed by atoms with van der Waals surface area (Å²) in [5.41, 5.74) is 0. The molecule has 0 bridgehead atoms. The molecule has 0 heterocycles. The summed E-state index contributed by atoms with van der Waals surface area (Å²) >= 11 is 0. The fourth-order valence-corrected chi connectivity index (χ4v) is 0.167. The molecule has 0 aromatic rings. The zero-order valence-electron chi connectivity index (χ0n) is 7.28. The van der Waals surface area contributed by atoms with Crippen LogP contribution >= 0.6 is 0 Å². The van der Waals surface area contributed by atoms with Gasteiger partial charge in [0.2, 0.25) is 0 Å². The van der Waals surface area contributed by atoms with Crippen LogP contribution < -0.4 is 0 Å². The monoisotopic (exact) mass is 128 g/mol. The van der Waals surface area contributed by atoms with Crippen molar-refractivity contribution in [3.05, 3.63) is 12.7 Å². The molecule has 0 saturated carbocycles. The fraction of sp³-hybridized carbons (Fsp3) is 0.778. The summed E-state index contributed by atoms with van der Waals surface area (Å²) in [7, 11) is 0. The molecule has 0 aliphatic carbocycles. The highest BCUT2D eigenvalue weighted by molar-refractivity contribution is 4.72. The van der Waals surface area contributed by atoms with Crippen LogP contribution in [-0.2, 0) is 0 Å². The number of hydrogen-bond donors (Lipinski definition) is 0. The van der Waals surface area contributed by atoms with E-state index in [0.29, 0.717) is 5.92 Å². The van der Waals surface area contributed by atoms with E-state index >= 15 is 0 Å². The van der Waals surface area contributed by atoms with Gasteiger partial charge in [-0.25, -0.2) is 0 Å². The van der Waals surface area contributed by atoms with E-state index in [1.165, 1.54) is 12.8 Å². The van der Waals surface area contributed by atoms with Crippen molar-refractivity contribution in [2.75, 3.05) is 0 Å².